The first-order valence-electron chi connectivity index (χ1n) is 6.50. The first kappa shape index (κ1) is 13.7. The molecule has 0 aliphatic carbocycles. The Kier molecular flexibility index (Phi) is 4.63. The van der Waals surface area contributed by atoms with Gasteiger partial charge in [-0.2, -0.15) is 0 Å². The smallest absolute Gasteiger partial charge is 0.246 e. The van der Waals surface area contributed by atoms with Gasteiger partial charge in [0.1, 0.15) is 5.82 Å². The number of nitrogens with two attached hydrogens (primary N) is 1. The van der Waals surface area contributed by atoms with Gasteiger partial charge in [0.05, 0.1) is 6.20 Å². The second-order valence-corrected chi connectivity index (χ2v) is 4.69. The third-order valence-electron chi connectivity index (χ3n) is 3.33. The topological polar surface area (TPSA) is 59.2 Å². The minimum Gasteiger partial charge on any atom is -0.335 e. The van der Waals surface area contributed by atoms with E-state index in [1.54, 1.807) is 11.0 Å². The van der Waals surface area contributed by atoms with Crippen LogP contribution in [-0.2, 0) is 4.79 Å². The third-order valence-corrected chi connectivity index (χ3v) is 3.33. The van der Waals surface area contributed by atoms with E-state index in [9.17, 15) is 9.18 Å². The number of rotatable bonds is 3. The van der Waals surface area contributed by atoms with Crippen molar-refractivity contribution in [3.05, 3.63) is 35.9 Å². The zero-order chi connectivity index (χ0) is 13.7. The molecule has 0 spiro atoms. The molecule has 2 heterocycles. The molecule has 1 amide bonds. The van der Waals surface area contributed by atoms with Crippen LogP contribution in [0.4, 0.5) is 4.39 Å². The fraction of sp³-hybridized carbons (Fsp3) is 0.429. The monoisotopic (exact) mass is 263 g/mol. The zero-order valence-electron chi connectivity index (χ0n) is 10.8. The first-order chi connectivity index (χ1) is 9.20. The van der Waals surface area contributed by atoms with E-state index in [1.165, 1.54) is 18.3 Å². The van der Waals surface area contributed by atoms with Crippen LogP contribution in [0.2, 0.25) is 0 Å². The maximum Gasteiger partial charge on any atom is 0.246 e. The molecule has 1 aromatic rings. The Hall–Kier alpha value is -1.75. The van der Waals surface area contributed by atoms with Crippen molar-refractivity contribution in [3.63, 3.8) is 0 Å². The highest BCUT2D eigenvalue weighted by Crippen LogP contribution is 2.16. The molecular weight excluding hydrogens is 245 g/mol. The Morgan fingerprint density at radius 3 is 3.11 bits per heavy atom. The second kappa shape index (κ2) is 6.43. The molecule has 0 aromatic carbocycles. The SMILES string of the molecule is NCC1CCCCN1C(=O)C=Cc1cncc(F)c1. The molecule has 1 atom stereocenters. The summed E-state index contributed by atoms with van der Waals surface area (Å²) in [5, 5.41) is 0. The van der Waals surface area contributed by atoms with Gasteiger partial charge >= 0.3 is 0 Å². The number of carbonyl (C=O) groups is 1. The fourth-order valence-electron chi connectivity index (χ4n) is 2.32. The Bertz CT molecular complexity index is 476. The predicted molar refractivity (Wildman–Crippen MR) is 71.6 cm³/mol. The molecular formula is C14H18FN3O. The lowest BCUT2D eigenvalue weighted by atomic mass is 10.0. The molecule has 1 saturated heterocycles. The van der Waals surface area contributed by atoms with Crippen LogP contribution >= 0.6 is 0 Å². The normalized spacial score (nSPS) is 19.9. The van der Waals surface area contributed by atoms with Gasteiger partial charge in [0.25, 0.3) is 0 Å². The minimum atomic E-state index is -0.410. The number of hydrogen-bond donors (Lipinski definition) is 1. The van der Waals surface area contributed by atoms with Gasteiger partial charge < -0.3 is 10.6 Å². The molecule has 1 aliphatic rings. The van der Waals surface area contributed by atoms with E-state index >= 15 is 0 Å². The van der Waals surface area contributed by atoms with E-state index < -0.39 is 5.82 Å². The first-order valence-corrected chi connectivity index (χ1v) is 6.50. The highest BCUT2D eigenvalue weighted by Gasteiger charge is 2.23. The summed E-state index contributed by atoms with van der Waals surface area (Å²) >= 11 is 0. The van der Waals surface area contributed by atoms with Gasteiger partial charge in [0.2, 0.25) is 5.91 Å². The van der Waals surface area contributed by atoms with Crippen LogP contribution in [0, 0.1) is 5.82 Å². The molecule has 0 radical (unpaired) electrons. The lowest BCUT2D eigenvalue weighted by Gasteiger charge is -2.34. The zero-order valence-corrected chi connectivity index (χ0v) is 10.8. The number of nitrogens with zero attached hydrogens (tertiary/aromatic N) is 2. The van der Waals surface area contributed by atoms with E-state index in [2.05, 4.69) is 4.98 Å². The van der Waals surface area contributed by atoms with Crippen LogP contribution in [-0.4, -0.2) is 34.9 Å². The average Bonchev–Trinajstić information content (AvgIpc) is 2.45. The summed E-state index contributed by atoms with van der Waals surface area (Å²) in [4.78, 5) is 17.6. The predicted octanol–water partition coefficient (Wildman–Crippen LogP) is 1.57. The molecule has 2 N–H and O–H groups in total. The highest BCUT2D eigenvalue weighted by molar-refractivity contribution is 5.92. The largest absolute Gasteiger partial charge is 0.335 e. The number of piperidine rings is 1. The van der Waals surface area contributed by atoms with E-state index in [4.69, 9.17) is 5.73 Å². The molecule has 2 rings (SSSR count). The number of halogens is 1. The molecule has 1 fully saturated rings. The Labute approximate surface area is 112 Å². The molecule has 5 heteroatoms. The molecule has 4 nitrogen and oxygen atoms in total. The van der Waals surface area contributed by atoms with E-state index in [-0.39, 0.29) is 11.9 Å². The van der Waals surface area contributed by atoms with Crippen molar-refractivity contribution in [3.8, 4) is 0 Å². The molecule has 19 heavy (non-hydrogen) atoms. The van der Waals surface area contributed by atoms with Crippen LogP contribution < -0.4 is 5.73 Å². The number of aromatic nitrogens is 1. The van der Waals surface area contributed by atoms with Crippen LogP contribution in [0.3, 0.4) is 0 Å². The maximum absolute atomic E-state index is 13.0. The maximum atomic E-state index is 13.0. The van der Waals surface area contributed by atoms with Crippen LogP contribution in [0.1, 0.15) is 24.8 Å². The minimum absolute atomic E-state index is 0.0700. The Balaban J connectivity index is 2.03. The summed E-state index contributed by atoms with van der Waals surface area (Å²) in [5.41, 5.74) is 6.26. The second-order valence-electron chi connectivity index (χ2n) is 4.69. The molecule has 0 saturated carbocycles. The lowest BCUT2D eigenvalue weighted by molar-refractivity contribution is -0.129. The van der Waals surface area contributed by atoms with Gasteiger partial charge in [-0.25, -0.2) is 4.39 Å². The van der Waals surface area contributed by atoms with Crippen molar-refractivity contribution >= 4 is 12.0 Å². The Morgan fingerprint density at radius 2 is 2.37 bits per heavy atom. The Morgan fingerprint density at radius 1 is 1.53 bits per heavy atom. The fourth-order valence-corrected chi connectivity index (χ4v) is 2.32. The lowest BCUT2D eigenvalue weighted by Crippen LogP contribution is -2.46. The summed E-state index contributed by atoms with van der Waals surface area (Å²) in [5.74, 6) is -0.480. The van der Waals surface area contributed by atoms with Crippen molar-refractivity contribution in [2.75, 3.05) is 13.1 Å². The molecule has 1 aliphatic heterocycles. The summed E-state index contributed by atoms with van der Waals surface area (Å²) in [7, 11) is 0. The summed E-state index contributed by atoms with van der Waals surface area (Å²) in [6.45, 7) is 1.23. The van der Waals surface area contributed by atoms with Gasteiger partial charge in [0.15, 0.2) is 0 Å². The van der Waals surface area contributed by atoms with E-state index in [1.807, 2.05) is 0 Å². The van der Waals surface area contributed by atoms with E-state index in [0.29, 0.717) is 12.1 Å². The number of amides is 1. The van der Waals surface area contributed by atoms with Crippen LogP contribution in [0.15, 0.2) is 24.5 Å². The quantitative estimate of drug-likeness (QED) is 0.842. The van der Waals surface area contributed by atoms with Crippen molar-refractivity contribution in [2.24, 2.45) is 5.73 Å². The van der Waals surface area contributed by atoms with Gasteiger partial charge in [-0.3, -0.25) is 9.78 Å². The van der Waals surface area contributed by atoms with Crippen molar-refractivity contribution < 1.29 is 9.18 Å². The molecule has 102 valence electrons. The molecule has 0 bridgehead atoms. The summed E-state index contributed by atoms with van der Waals surface area (Å²) in [6, 6.07) is 1.46. The van der Waals surface area contributed by atoms with Gasteiger partial charge in [-0.05, 0) is 37.0 Å². The third kappa shape index (κ3) is 3.61. The van der Waals surface area contributed by atoms with Crippen molar-refractivity contribution in [2.45, 2.75) is 25.3 Å². The standard InChI is InChI=1S/C14H18FN3O/c15-12-7-11(9-17-10-12)4-5-14(19)18-6-2-1-3-13(18)8-16/h4-5,7,9-10,13H,1-3,6,8,16H2. The number of pyridine rings is 1. The highest BCUT2D eigenvalue weighted by atomic mass is 19.1. The summed E-state index contributed by atoms with van der Waals surface area (Å²) in [6.07, 6.45) is 8.78. The van der Waals surface area contributed by atoms with Crippen molar-refractivity contribution in [1.29, 1.82) is 0 Å². The van der Waals surface area contributed by atoms with Crippen LogP contribution in [0.25, 0.3) is 6.08 Å². The number of likely N-dealkylation sites (tertiary alicyclic amines) is 1. The van der Waals surface area contributed by atoms with Gasteiger partial charge in [0, 0.05) is 31.4 Å². The van der Waals surface area contributed by atoms with Gasteiger partial charge in [-0.15, -0.1) is 0 Å². The molecule has 1 unspecified atom stereocenters. The van der Waals surface area contributed by atoms with Crippen LogP contribution in [0.5, 0.6) is 0 Å². The summed E-state index contributed by atoms with van der Waals surface area (Å²) < 4.78 is 13.0. The van der Waals surface area contributed by atoms with Crippen molar-refractivity contribution in [1.82, 2.24) is 9.88 Å². The van der Waals surface area contributed by atoms with E-state index in [0.717, 1.165) is 32.0 Å². The molecule has 1 aromatic heterocycles. The van der Waals surface area contributed by atoms with Gasteiger partial charge in [-0.1, -0.05) is 0 Å². The average molecular weight is 263 g/mol. The number of hydrogen-bond acceptors (Lipinski definition) is 3. The number of carbonyl (C=O) groups excluding carboxylic acids is 1.